The zero-order valence-electron chi connectivity index (χ0n) is 8.21. The first kappa shape index (κ1) is 10.7. The van der Waals surface area contributed by atoms with Crippen molar-refractivity contribution in [3.05, 3.63) is 28.5 Å². The minimum absolute atomic E-state index is 0.0255. The lowest BCUT2D eigenvalue weighted by Gasteiger charge is -2.27. The van der Waals surface area contributed by atoms with Crippen LogP contribution in [0.4, 0.5) is 0 Å². The third kappa shape index (κ3) is 2.78. The monoisotopic (exact) mass is 242 g/mol. The Morgan fingerprint density at radius 2 is 2.00 bits per heavy atom. The van der Waals surface area contributed by atoms with Crippen LogP contribution in [-0.2, 0) is 0 Å². The summed E-state index contributed by atoms with van der Waals surface area (Å²) in [5.74, 6) is 0. The normalized spacial score (nSPS) is 14.2. The van der Waals surface area contributed by atoms with Gasteiger partial charge in [0.1, 0.15) is 0 Å². The maximum absolute atomic E-state index is 6.08. The van der Waals surface area contributed by atoms with Crippen LogP contribution >= 0.6 is 15.9 Å². The molecule has 0 spiro atoms. The van der Waals surface area contributed by atoms with Gasteiger partial charge in [-0.05, 0) is 33.0 Å². The second-order valence-corrected chi connectivity index (χ2v) is 5.20. The molecule has 1 rings (SSSR count). The number of nitrogens with two attached hydrogens (primary N) is 1. The summed E-state index contributed by atoms with van der Waals surface area (Å²) >= 11 is 3.38. The summed E-state index contributed by atoms with van der Waals surface area (Å²) in [6, 6.07) is 2.04. The number of pyridine rings is 1. The van der Waals surface area contributed by atoms with Crippen LogP contribution in [0.3, 0.4) is 0 Å². The Kier molecular flexibility index (Phi) is 3.09. The first-order valence-corrected chi connectivity index (χ1v) is 5.06. The SMILES string of the molecule is CC(C)(C)[C@@H](N)c1cncc(Br)c1. The zero-order chi connectivity index (χ0) is 10.1. The van der Waals surface area contributed by atoms with Crippen LogP contribution in [0.1, 0.15) is 32.4 Å². The van der Waals surface area contributed by atoms with Crippen molar-refractivity contribution in [3.63, 3.8) is 0 Å². The third-order valence-electron chi connectivity index (χ3n) is 2.02. The Morgan fingerprint density at radius 1 is 1.38 bits per heavy atom. The fraction of sp³-hybridized carbons (Fsp3) is 0.500. The molecular formula is C10H15BrN2. The van der Waals surface area contributed by atoms with Crippen molar-refractivity contribution in [2.45, 2.75) is 26.8 Å². The van der Waals surface area contributed by atoms with E-state index < -0.39 is 0 Å². The lowest BCUT2D eigenvalue weighted by atomic mass is 9.84. The topological polar surface area (TPSA) is 38.9 Å². The van der Waals surface area contributed by atoms with Crippen molar-refractivity contribution in [3.8, 4) is 0 Å². The predicted octanol–water partition coefficient (Wildman–Crippen LogP) is 2.89. The highest BCUT2D eigenvalue weighted by molar-refractivity contribution is 9.10. The minimum atomic E-state index is 0.0255. The Hall–Kier alpha value is -0.410. The van der Waals surface area contributed by atoms with Gasteiger partial charge in [0.25, 0.3) is 0 Å². The lowest BCUT2D eigenvalue weighted by molar-refractivity contribution is 0.326. The summed E-state index contributed by atoms with van der Waals surface area (Å²) in [5, 5.41) is 0. The lowest BCUT2D eigenvalue weighted by Crippen LogP contribution is -2.26. The smallest absolute Gasteiger partial charge is 0.0410 e. The fourth-order valence-corrected chi connectivity index (χ4v) is 1.48. The molecule has 0 radical (unpaired) electrons. The largest absolute Gasteiger partial charge is 0.323 e. The van der Waals surface area contributed by atoms with Crippen molar-refractivity contribution in [2.24, 2.45) is 11.1 Å². The summed E-state index contributed by atoms with van der Waals surface area (Å²) in [5.41, 5.74) is 7.22. The van der Waals surface area contributed by atoms with E-state index in [1.54, 1.807) is 6.20 Å². The molecule has 1 atom stereocenters. The Bertz CT molecular complexity index is 291. The van der Waals surface area contributed by atoms with Gasteiger partial charge < -0.3 is 5.73 Å². The van der Waals surface area contributed by atoms with E-state index in [4.69, 9.17) is 5.73 Å². The van der Waals surface area contributed by atoms with Crippen LogP contribution in [0.2, 0.25) is 0 Å². The summed E-state index contributed by atoms with van der Waals surface area (Å²) in [7, 11) is 0. The van der Waals surface area contributed by atoms with E-state index in [9.17, 15) is 0 Å². The van der Waals surface area contributed by atoms with Gasteiger partial charge in [-0.15, -0.1) is 0 Å². The quantitative estimate of drug-likeness (QED) is 0.823. The van der Waals surface area contributed by atoms with Crippen molar-refractivity contribution in [1.82, 2.24) is 4.98 Å². The Morgan fingerprint density at radius 3 is 2.46 bits per heavy atom. The molecule has 3 heteroatoms. The molecule has 0 unspecified atom stereocenters. The van der Waals surface area contributed by atoms with Crippen molar-refractivity contribution < 1.29 is 0 Å². The summed E-state index contributed by atoms with van der Waals surface area (Å²) < 4.78 is 0.977. The van der Waals surface area contributed by atoms with Gasteiger partial charge in [-0.25, -0.2) is 0 Å². The van der Waals surface area contributed by atoms with Gasteiger partial charge in [-0.2, -0.15) is 0 Å². The predicted molar refractivity (Wildman–Crippen MR) is 58.3 cm³/mol. The van der Waals surface area contributed by atoms with E-state index in [1.165, 1.54) is 0 Å². The number of rotatable bonds is 1. The number of hydrogen-bond donors (Lipinski definition) is 1. The fourth-order valence-electron chi connectivity index (χ4n) is 1.10. The molecule has 13 heavy (non-hydrogen) atoms. The molecule has 0 fully saturated rings. The van der Waals surface area contributed by atoms with Gasteiger partial charge in [-0.3, -0.25) is 4.98 Å². The van der Waals surface area contributed by atoms with Crippen molar-refractivity contribution in [1.29, 1.82) is 0 Å². The maximum atomic E-state index is 6.08. The second kappa shape index (κ2) is 3.76. The second-order valence-electron chi connectivity index (χ2n) is 4.28. The number of halogens is 1. The maximum Gasteiger partial charge on any atom is 0.0410 e. The first-order chi connectivity index (χ1) is 5.91. The average Bonchev–Trinajstić information content (AvgIpc) is 2.01. The van der Waals surface area contributed by atoms with E-state index in [0.29, 0.717) is 0 Å². The van der Waals surface area contributed by atoms with Gasteiger partial charge in [0, 0.05) is 22.9 Å². The number of nitrogens with zero attached hydrogens (tertiary/aromatic N) is 1. The van der Waals surface area contributed by atoms with Gasteiger partial charge >= 0.3 is 0 Å². The molecule has 0 bridgehead atoms. The van der Waals surface area contributed by atoms with Crippen molar-refractivity contribution in [2.75, 3.05) is 0 Å². The molecular weight excluding hydrogens is 228 g/mol. The van der Waals surface area contributed by atoms with Crippen LogP contribution in [0, 0.1) is 5.41 Å². The average molecular weight is 243 g/mol. The molecule has 0 aliphatic carbocycles. The van der Waals surface area contributed by atoms with Crippen molar-refractivity contribution >= 4 is 15.9 Å². The van der Waals surface area contributed by atoms with Crippen LogP contribution in [0.5, 0.6) is 0 Å². The molecule has 72 valence electrons. The highest BCUT2D eigenvalue weighted by atomic mass is 79.9. The number of aromatic nitrogens is 1. The molecule has 0 aromatic carbocycles. The summed E-state index contributed by atoms with van der Waals surface area (Å²) in [4.78, 5) is 4.09. The first-order valence-electron chi connectivity index (χ1n) is 4.27. The van der Waals surface area contributed by atoms with Gasteiger partial charge in [0.15, 0.2) is 0 Å². The molecule has 2 N–H and O–H groups in total. The number of hydrogen-bond acceptors (Lipinski definition) is 2. The van der Waals surface area contributed by atoms with Crippen LogP contribution in [0.25, 0.3) is 0 Å². The van der Waals surface area contributed by atoms with Crippen LogP contribution < -0.4 is 5.73 Å². The van der Waals surface area contributed by atoms with Gasteiger partial charge in [0.2, 0.25) is 0 Å². The van der Waals surface area contributed by atoms with Crippen LogP contribution in [0.15, 0.2) is 22.9 Å². The van der Waals surface area contributed by atoms with Gasteiger partial charge in [-0.1, -0.05) is 20.8 Å². The van der Waals surface area contributed by atoms with E-state index in [1.807, 2.05) is 12.3 Å². The minimum Gasteiger partial charge on any atom is -0.323 e. The molecule has 1 aromatic rings. The summed E-state index contributed by atoms with van der Waals surface area (Å²) in [6.45, 7) is 6.37. The Balaban J connectivity index is 2.96. The van der Waals surface area contributed by atoms with E-state index in [0.717, 1.165) is 10.0 Å². The molecule has 2 nitrogen and oxygen atoms in total. The molecule has 0 saturated heterocycles. The molecule has 0 amide bonds. The molecule has 1 aromatic heterocycles. The van der Waals surface area contributed by atoms with E-state index in [-0.39, 0.29) is 11.5 Å². The molecule has 1 heterocycles. The highest BCUT2D eigenvalue weighted by Gasteiger charge is 2.22. The molecule has 0 saturated carbocycles. The van der Waals surface area contributed by atoms with E-state index in [2.05, 4.69) is 41.7 Å². The molecule has 0 aliphatic rings. The third-order valence-corrected chi connectivity index (χ3v) is 2.45. The van der Waals surface area contributed by atoms with Crippen LogP contribution in [-0.4, -0.2) is 4.98 Å². The van der Waals surface area contributed by atoms with Gasteiger partial charge in [0.05, 0.1) is 0 Å². The standard InChI is InChI=1S/C10H15BrN2/c1-10(2,3)9(12)7-4-8(11)6-13-5-7/h4-6,9H,12H2,1-3H3/t9-/m0/s1. The molecule has 0 aliphatic heterocycles. The highest BCUT2D eigenvalue weighted by Crippen LogP contribution is 2.30. The Labute approximate surface area is 87.7 Å². The zero-order valence-corrected chi connectivity index (χ0v) is 9.80. The summed E-state index contributed by atoms with van der Waals surface area (Å²) in [6.07, 6.45) is 3.58. The van der Waals surface area contributed by atoms with E-state index >= 15 is 0 Å².